The molecule has 0 radical (unpaired) electrons. The van der Waals surface area contributed by atoms with Crippen molar-refractivity contribution in [3.63, 3.8) is 0 Å². The van der Waals surface area contributed by atoms with Crippen LogP contribution in [-0.2, 0) is 0 Å². The standard InChI is InChI=1S/C5H11FO2/c1-2-4(6)3-5(7)8/h4-5,7-8H,2-3H2,1H3. The van der Waals surface area contributed by atoms with Crippen LogP contribution >= 0.6 is 0 Å². The van der Waals surface area contributed by atoms with E-state index < -0.39 is 12.5 Å². The van der Waals surface area contributed by atoms with Gasteiger partial charge in [-0.2, -0.15) is 0 Å². The molecule has 50 valence electrons. The van der Waals surface area contributed by atoms with Gasteiger partial charge in [0.15, 0.2) is 6.29 Å². The average Bonchev–Trinajstić information content (AvgIpc) is 1.65. The predicted molar refractivity (Wildman–Crippen MR) is 28.0 cm³/mol. The molecule has 1 atom stereocenters. The van der Waals surface area contributed by atoms with E-state index in [0.717, 1.165) is 0 Å². The highest BCUT2D eigenvalue weighted by atomic mass is 19.1. The Morgan fingerprint density at radius 3 is 2.12 bits per heavy atom. The van der Waals surface area contributed by atoms with E-state index in [4.69, 9.17) is 10.2 Å². The number of rotatable bonds is 3. The molecule has 1 unspecified atom stereocenters. The number of hydrogen-bond donors (Lipinski definition) is 2. The van der Waals surface area contributed by atoms with Gasteiger partial charge in [-0.15, -0.1) is 0 Å². The molecule has 0 aromatic rings. The molecule has 0 fully saturated rings. The largest absolute Gasteiger partial charge is 0.368 e. The molecule has 0 spiro atoms. The maximum absolute atomic E-state index is 12.1. The van der Waals surface area contributed by atoms with E-state index >= 15 is 0 Å². The molecule has 0 rings (SSSR count). The Morgan fingerprint density at radius 2 is 2.00 bits per heavy atom. The highest BCUT2D eigenvalue weighted by molar-refractivity contribution is 4.52. The smallest absolute Gasteiger partial charge is 0.154 e. The number of hydrogen-bond acceptors (Lipinski definition) is 2. The fraction of sp³-hybridized carbons (Fsp3) is 1.00. The summed E-state index contributed by atoms with van der Waals surface area (Å²) in [4.78, 5) is 0. The van der Waals surface area contributed by atoms with Gasteiger partial charge in [0.1, 0.15) is 6.17 Å². The Labute approximate surface area is 48.0 Å². The summed E-state index contributed by atoms with van der Waals surface area (Å²) < 4.78 is 12.1. The van der Waals surface area contributed by atoms with Crippen LogP contribution in [0.25, 0.3) is 0 Å². The van der Waals surface area contributed by atoms with E-state index in [9.17, 15) is 4.39 Å². The summed E-state index contributed by atoms with van der Waals surface area (Å²) in [7, 11) is 0. The second kappa shape index (κ2) is 3.80. The van der Waals surface area contributed by atoms with Crippen LogP contribution in [0.2, 0.25) is 0 Å². The van der Waals surface area contributed by atoms with Crippen LogP contribution in [0.15, 0.2) is 0 Å². The van der Waals surface area contributed by atoms with Gasteiger partial charge >= 0.3 is 0 Å². The Morgan fingerprint density at radius 1 is 1.50 bits per heavy atom. The molecule has 0 aliphatic heterocycles. The Hall–Kier alpha value is -0.150. The summed E-state index contributed by atoms with van der Waals surface area (Å²) in [5.74, 6) is 0. The molecule has 0 saturated heterocycles. The molecule has 3 heteroatoms. The first kappa shape index (κ1) is 7.85. The highest BCUT2D eigenvalue weighted by Crippen LogP contribution is 2.03. The molecule has 8 heavy (non-hydrogen) atoms. The molecule has 0 aliphatic carbocycles. The van der Waals surface area contributed by atoms with Gasteiger partial charge in [0.2, 0.25) is 0 Å². The maximum Gasteiger partial charge on any atom is 0.154 e. The van der Waals surface area contributed by atoms with E-state index in [1.165, 1.54) is 0 Å². The van der Waals surface area contributed by atoms with Crippen LogP contribution in [0.5, 0.6) is 0 Å². The molecule has 0 amide bonds. The van der Waals surface area contributed by atoms with Crippen molar-refractivity contribution in [3.05, 3.63) is 0 Å². The van der Waals surface area contributed by atoms with Gasteiger partial charge in [0.05, 0.1) is 0 Å². The molecule has 0 aromatic heterocycles. The van der Waals surface area contributed by atoms with Gasteiger partial charge in [-0.3, -0.25) is 0 Å². The van der Waals surface area contributed by atoms with Crippen molar-refractivity contribution in [2.75, 3.05) is 0 Å². The van der Waals surface area contributed by atoms with Crippen molar-refractivity contribution in [1.82, 2.24) is 0 Å². The average molecular weight is 122 g/mol. The van der Waals surface area contributed by atoms with Gasteiger partial charge in [0, 0.05) is 6.42 Å². The highest BCUT2D eigenvalue weighted by Gasteiger charge is 2.06. The van der Waals surface area contributed by atoms with Gasteiger partial charge in [-0.05, 0) is 6.42 Å². The minimum Gasteiger partial charge on any atom is -0.368 e. The summed E-state index contributed by atoms with van der Waals surface area (Å²) in [6.45, 7) is 1.66. The summed E-state index contributed by atoms with van der Waals surface area (Å²) in [5, 5.41) is 16.3. The summed E-state index contributed by atoms with van der Waals surface area (Å²) in [6.07, 6.45) is -2.39. The molecule has 0 bridgehead atoms. The first-order valence-electron chi connectivity index (χ1n) is 2.67. The fourth-order valence-electron chi connectivity index (χ4n) is 0.395. The van der Waals surface area contributed by atoms with Crippen molar-refractivity contribution >= 4 is 0 Å². The quantitative estimate of drug-likeness (QED) is 0.533. The molecule has 0 saturated carbocycles. The number of aliphatic hydroxyl groups is 2. The molecule has 2 nitrogen and oxygen atoms in total. The second-order valence-corrected chi connectivity index (χ2v) is 1.72. The lowest BCUT2D eigenvalue weighted by Crippen LogP contribution is -2.11. The zero-order valence-electron chi connectivity index (χ0n) is 4.84. The maximum atomic E-state index is 12.1. The zero-order chi connectivity index (χ0) is 6.57. The third-order valence-corrected chi connectivity index (χ3v) is 0.910. The molecule has 2 N–H and O–H groups in total. The van der Waals surface area contributed by atoms with Crippen LogP contribution < -0.4 is 0 Å². The van der Waals surface area contributed by atoms with Crippen molar-refractivity contribution < 1.29 is 14.6 Å². The molecule has 0 heterocycles. The number of aliphatic hydroxyl groups excluding tert-OH is 1. The zero-order valence-corrected chi connectivity index (χ0v) is 4.84. The van der Waals surface area contributed by atoms with Gasteiger partial charge in [-0.25, -0.2) is 4.39 Å². The normalized spacial score (nSPS) is 14.6. The van der Waals surface area contributed by atoms with Gasteiger partial charge in [0.25, 0.3) is 0 Å². The predicted octanol–water partition coefficient (Wildman–Crippen LogP) is 0.435. The lowest BCUT2D eigenvalue weighted by Gasteiger charge is -2.04. The van der Waals surface area contributed by atoms with E-state index in [-0.39, 0.29) is 6.42 Å². The van der Waals surface area contributed by atoms with Crippen LogP contribution in [0, 0.1) is 0 Å². The first-order valence-corrected chi connectivity index (χ1v) is 2.67. The second-order valence-electron chi connectivity index (χ2n) is 1.72. The summed E-state index contributed by atoms with van der Waals surface area (Å²) in [6, 6.07) is 0. The lowest BCUT2D eigenvalue weighted by atomic mass is 10.2. The van der Waals surface area contributed by atoms with E-state index in [1.807, 2.05) is 0 Å². The summed E-state index contributed by atoms with van der Waals surface area (Å²) in [5.41, 5.74) is 0. The van der Waals surface area contributed by atoms with E-state index in [0.29, 0.717) is 6.42 Å². The van der Waals surface area contributed by atoms with Crippen molar-refractivity contribution in [2.45, 2.75) is 32.2 Å². The Kier molecular flexibility index (Phi) is 3.73. The Balaban J connectivity index is 3.10. The van der Waals surface area contributed by atoms with Crippen LogP contribution in [-0.4, -0.2) is 22.7 Å². The van der Waals surface area contributed by atoms with Crippen LogP contribution in [0.4, 0.5) is 4.39 Å². The molecule has 0 aromatic carbocycles. The third kappa shape index (κ3) is 4.02. The van der Waals surface area contributed by atoms with Gasteiger partial charge < -0.3 is 10.2 Å². The van der Waals surface area contributed by atoms with Crippen molar-refractivity contribution in [1.29, 1.82) is 0 Å². The topological polar surface area (TPSA) is 40.5 Å². The first-order chi connectivity index (χ1) is 3.66. The minimum atomic E-state index is -1.50. The van der Waals surface area contributed by atoms with E-state index in [1.54, 1.807) is 6.92 Å². The summed E-state index contributed by atoms with van der Waals surface area (Å²) >= 11 is 0. The molecule has 0 aliphatic rings. The van der Waals surface area contributed by atoms with Crippen LogP contribution in [0.3, 0.4) is 0 Å². The van der Waals surface area contributed by atoms with E-state index in [2.05, 4.69) is 0 Å². The number of halogens is 1. The monoisotopic (exact) mass is 122 g/mol. The lowest BCUT2D eigenvalue weighted by molar-refractivity contribution is -0.0592. The van der Waals surface area contributed by atoms with Crippen LogP contribution in [0.1, 0.15) is 19.8 Å². The fourth-order valence-corrected chi connectivity index (χ4v) is 0.395. The van der Waals surface area contributed by atoms with Gasteiger partial charge in [-0.1, -0.05) is 6.92 Å². The molecular weight excluding hydrogens is 111 g/mol. The van der Waals surface area contributed by atoms with Crippen molar-refractivity contribution in [3.8, 4) is 0 Å². The Bertz CT molecular complexity index is 56.4. The van der Waals surface area contributed by atoms with Crippen molar-refractivity contribution in [2.24, 2.45) is 0 Å². The minimum absolute atomic E-state index is 0.170. The third-order valence-electron chi connectivity index (χ3n) is 0.910. The SMILES string of the molecule is CCC(F)CC(O)O. The number of alkyl halides is 1. The molecular formula is C5H11FO2.